The van der Waals surface area contributed by atoms with Crippen molar-refractivity contribution in [3.63, 3.8) is 0 Å². The van der Waals surface area contributed by atoms with Crippen LogP contribution in [0.15, 0.2) is 0 Å². The highest BCUT2D eigenvalue weighted by Crippen LogP contribution is 2.54. The van der Waals surface area contributed by atoms with Crippen molar-refractivity contribution < 1.29 is 0 Å². The summed E-state index contributed by atoms with van der Waals surface area (Å²) in [4.78, 5) is 0. The van der Waals surface area contributed by atoms with Crippen molar-refractivity contribution in [1.29, 1.82) is 0 Å². The summed E-state index contributed by atoms with van der Waals surface area (Å²) in [6, 6.07) is 0. The van der Waals surface area contributed by atoms with Crippen LogP contribution in [0.4, 0.5) is 0 Å². The van der Waals surface area contributed by atoms with Crippen LogP contribution in [0.5, 0.6) is 0 Å². The van der Waals surface area contributed by atoms with Crippen molar-refractivity contribution in [1.82, 2.24) is 0 Å². The van der Waals surface area contributed by atoms with Gasteiger partial charge in [0.1, 0.15) is 0 Å². The van der Waals surface area contributed by atoms with E-state index in [9.17, 15) is 0 Å². The van der Waals surface area contributed by atoms with Gasteiger partial charge in [0.05, 0.1) is 0 Å². The van der Waals surface area contributed by atoms with Crippen LogP contribution >= 0.6 is 12.6 Å². The Morgan fingerprint density at radius 2 is 1.75 bits per heavy atom. The molecule has 0 aromatic rings. The summed E-state index contributed by atoms with van der Waals surface area (Å²) in [5.74, 6) is 4.41. The lowest BCUT2D eigenvalue weighted by Gasteiger charge is -2.04. The Kier molecular flexibility index (Phi) is 1.07. The van der Waals surface area contributed by atoms with Crippen molar-refractivity contribution in [2.45, 2.75) is 19.3 Å². The monoisotopic (exact) mass is 128 g/mol. The second-order valence-electron chi connectivity index (χ2n) is 3.28. The van der Waals surface area contributed by atoms with Gasteiger partial charge in [0.25, 0.3) is 0 Å². The molecular formula is C7H12S. The summed E-state index contributed by atoms with van der Waals surface area (Å²) in [5, 5.41) is 0. The van der Waals surface area contributed by atoms with Crippen molar-refractivity contribution >= 4 is 12.6 Å². The molecule has 0 spiro atoms. The minimum absolute atomic E-state index is 0.988. The first kappa shape index (κ1) is 5.16. The number of hydrogen-bond donors (Lipinski definition) is 1. The van der Waals surface area contributed by atoms with Gasteiger partial charge in [-0.05, 0) is 42.8 Å². The highest BCUT2D eigenvalue weighted by molar-refractivity contribution is 7.80. The summed E-state index contributed by atoms with van der Waals surface area (Å²) < 4.78 is 0. The Morgan fingerprint density at radius 3 is 2.12 bits per heavy atom. The van der Waals surface area contributed by atoms with Crippen molar-refractivity contribution in [2.75, 3.05) is 5.75 Å². The van der Waals surface area contributed by atoms with Crippen molar-refractivity contribution in [3.8, 4) is 0 Å². The first-order chi connectivity index (χ1) is 3.90. The number of thiol groups is 1. The van der Waals surface area contributed by atoms with Crippen LogP contribution in [0.2, 0.25) is 0 Å². The molecule has 0 aromatic heterocycles. The zero-order valence-corrected chi connectivity index (χ0v) is 5.90. The van der Waals surface area contributed by atoms with E-state index in [-0.39, 0.29) is 0 Å². The maximum absolute atomic E-state index is 4.28. The molecule has 0 aromatic carbocycles. The fraction of sp³-hybridized carbons (Fsp3) is 1.00. The average Bonchev–Trinajstić information content (AvgIpc) is 2.40. The second kappa shape index (κ2) is 1.66. The molecule has 2 aliphatic carbocycles. The molecule has 0 unspecified atom stereocenters. The fourth-order valence-electron chi connectivity index (χ4n) is 1.99. The van der Waals surface area contributed by atoms with Gasteiger partial charge in [0.15, 0.2) is 0 Å². The van der Waals surface area contributed by atoms with Gasteiger partial charge < -0.3 is 0 Å². The van der Waals surface area contributed by atoms with E-state index < -0.39 is 0 Å². The first-order valence-electron chi connectivity index (χ1n) is 3.51. The third-order valence-electron chi connectivity index (χ3n) is 2.60. The van der Waals surface area contributed by atoms with Gasteiger partial charge in [0.2, 0.25) is 0 Å². The summed E-state index contributed by atoms with van der Waals surface area (Å²) >= 11 is 4.28. The van der Waals surface area contributed by atoms with Gasteiger partial charge in [-0.1, -0.05) is 0 Å². The Morgan fingerprint density at radius 1 is 1.12 bits per heavy atom. The summed E-state index contributed by atoms with van der Waals surface area (Å²) in [6.45, 7) is 0. The van der Waals surface area contributed by atoms with E-state index in [1.807, 2.05) is 0 Å². The van der Waals surface area contributed by atoms with E-state index in [4.69, 9.17) is 0 Å². The van der Waals surface area contributed by atoms with Crippen LogP contribution in [-0.4, -0.2) is 5.75 Å². The molecule has 0 radical (unpaired) electrons. The van der Waals surface area contributed by atoms with Gasteiger partial charge >= 0.3 is 0 Å². The van der Waals surface area contributed by atoms with Crippen LogP contribution in [0.1, 0.15) is 19.3 Å². The van der Waals surface area contributed by atoms with Crippen LogP contribution in [0, 0.1) is 17.8 Å². The topological polar surface area (TPSA) is 0 Å². The van der Waals surface area contributed by atoms with E-state index in [2.05, 4.69) is 12.6 Å². The van der Waals surface area contributed by atoms with E-state index >= 15 is 0 Å². The molecule has 2 rings (SSSR count). The van der Waals surface area contributed by atoms with Gasteiger partial charge in [-0.2, -0.15) is 12.6 Å². The van der Waals surface area contributed by atoms with Crippen molar-refractivity contribution in [2.24, 2.45) is 17.8 Å². The van der Waals surface area contributed by atoms with Gasteiger partial charge in [-0.25, -0.2) is 0 Å². The number of fused-ring (bicyclic) bond motifs is 1. The molecule has 0 N–H and O–H groups in total. The zero-order valence-electron chi connectivity index (χ0n) is 5.01. The van der Waals surface area contributed by atoms with Crippen LogP contribution in [-0.2, 0) is 0 Å². The summed E-state index contributed by atoms with van der Waals surface area (Å²) in [7, 11) is 0. The predicted octanol–water partition coefficient (Wildman–Crippen LogP) is 1.96. The van der Waals surface area contributed by atoms with Crippen LogP contribution in [0.25, 0.3) is 0 Å². The normalized spacial score (nSPS) is 44.6. The predicted molar refractivity (Wildman–Crippen MR) is 38.2 cm³/mol. The minimum Gasteiger partial charge on any atom is -0.179 e. The molecule has 2 atom stereocenters. The minimum atomic E-state index is 0.988. The first-order valence-corrected chi connectivity index (χ1v) is 4.14. The number of rotatable bonds is 1. The van der Waals surface area contributed by atoms with E-state index in [0.717, 1.165) is 23.5 Å². The molecule has 46 valence electrons. The SMILES string of the molecule is SCC1C[C@@H]2C[C@H]2C1. The lowest BCUT2D eigenvalue weighted by atomic mass is 10.1. The van der Waals surface area contributed by atoms with E-state index in [1.54, 1.807) is 6.42 Å². The average molecular weight is 128 g/mol. The molecule has 0 aliphatic heterocycles. The maximum Gasteiger partial charge on any atom is -0.00693 e. The maximum atomic E-state index is 4.28. The second-order valence-corrected chi connectivity index (χ2v) is 3.64. The molecule has 0 bridgehead atoms. The molecule has 2 saturated carbocycles. The van der Waals surface area contributed by atoms with Crippen molar-refractivity contribution in [3.05, 3.63) is 0 Å². The molecule has 8 heavy (non-hydrogen) atoms. The Bertz CT molecular complexity index is 90.6. The van der Waals surface area contributed by atoms with E-state index in [0.29, 0.717) is 0 Å². The fourth-order valence-corrected chi connectivity index (χ4v) is 2.29. The molecule has 2 aliphatic rings. The third-order valence-corrected chi connectivity index (χ3v) is 3.12. The molecule has 1 heteroatoms. The van der Waals surface area contributed by atoms with Crippen LogP contribution in [0.3, 0.4) is 0 Å². The lowest BCUT2D eigenvalue weighted by molar-refractivity contribution is 0.545. The molecule has 2 fully saturated rings. The molecular weight excluding hydrogens is 116 g/mol. The Hall–Kier alpha value is 0.350. The van der Waals surface area contributed by atoms with Gasteiger partial charge in [-0.3, -0.25) is 0 Å². The standard InChI is InChI=1S/C7H12S/c8-4-5-1-6-3-7(6)2-5/h5-8H,1-4H2/t6-,7-/m1/s1. The molecule has 0 nitrogen and oxygen atoms in total. The zero-order chi connectivity index (χ0) is 5.56. The van der Waals surface area contributed by atoms with Gasteiger partial charge in [0, 0.05) is 0 Å². The summed E-state index contributed by atoms with van der Waals surface area (Å²) in [6.07, 6.45) is 4.53. The number of hydrogen-bond acceptors (Lipinski definition) is 1. The Labute approximate surface area is 56.1 Å². The van der Waals surface area contributed by atoms with E-state index in [1.165, 1.54) is 12.8 Å². The smallest absolute Gasteiger partial charge is 0.00693 e. The third kappa shape index (κ3) is 0.680. The van der Waals surface area contributed by atoms with Gasteiger partial charge in [-0.15, -0.1) is 0 Å². The Balaban J connectivity index is 1.89. The molecule has 0 amide bonds. The molecule has 0 saturated heterocycles. The largest absolute Gasteiger partial charge is 0.179 e. The lowest BCUT2D eigenvalue weighted by Crippen LogP contribution is -1.96. The highest BCUT2D eigenvalue weighted by Gasteiger charge is 2.44. The molecule has 0 heterocycles. The summed E-state index contributed by atoms with van der Waals surface area (Å²) in [5.41, 5.74) is 0. The quantitative estimate of drug-likeness (QED) is 0.513. The highest BCUT2D eigenvalue weighted by atomic mass is 32.1. The van der Waals surface area contributed by atoms with Crippen LogP contribution < -0.4 is 0 Å².